The molecule has 0 aliphatic carbocycles. The van der Waals surface area contributed by atoms with E-state index in [9.17, 15) is 4.79 Å². The van der Waals surface area contributed by atoms with E-state index in [0.29, 0.717) is 11.6 Å². The Morgan fingerprint density at radius 3 is 2.58 bits per heavy atom. The quantitative estimate of drug-likeness (QED) is 0.566. The Kier molecular flexibility index (Phi) is 4.42. The molecule has 1 heterocycles. The summed E-state index contributed by atoms with van der Waals surface area (Å²) in [7, 11) is 0. The molecule has 3 rings (SSSR count). The van der Waals surface area contributed by atoms with Gasteiger partial charge in [-0.25, -0.2) is 5.43 Å². The van der Waals surface area contributed by atoms with Gasteiger partial charge in [0, 0.05) is 5.69 Å². The Morgan fingerprint density at radius 1 is 1.12 bits per heavy atom. The summed E-state index contributed by atoms with van der Waals surface area (Å²) in [5.74, 6) is -0.0276. The molecule has 24 heavy (non-hydrogen) atoms. The number of amides is 1. The van der Waals surface area contributed by atoms with Crippen LogP contribution < -0.4 is 5.43 Å². The molecular weight excluding hydrogens is 300 g/mol. The number of hydrazone groups is 1. The number of hydrogen-bond acceptors (Lipinski definition) is 3. The van der Waals surface area contributed by atoms with Crippen molar-refractivity contribution in [2.45, 2.75) is 26.7 Å². The third-order valence-electron chi connectivity index (χ3n) is 3.94. The lowest BCUT2D eigenvalue weighted by Gasteiger charge is -2.04. The van der Waals surface area contributed by atoms with Gasteiger partial charge in [0.05, 0.1) is 5.71 Å². The number of rotatable bonds is 4. The fraction of sp³-hybridized carbons (Fsp3) is 0.211. The van der Waals surface area contributed by atoms with Crippen LogP contribution >= 0.6 is 0 Å². The maximum Gasteiger partial charge on any atom is 0.291 e. The zero-order valence-electron chi connectivity index (χ0n) is 14.0. The first kappa shape index (κ1) is 15.9. The van der Waals surface area contributed by atoms with Crippen LogP contribution in [-0.4, -0.2) is 21.8 Å². The van der Waals surface area contributed by atoms with Crippen molar-refractivity contribution < 1.29 is 4.79 Å². The molecule has 5 heteroatoms. The number of aromatic nitrogens is 2. The maximum atomic E-state index is 12.1. The fourth-order valence-corrected chi connectivity index (χ4v) is 2.42. The molecule has 2 N–H and O–H groups in total. The fourth-order valence-electron chi connectivity index (χ4n) is 2.42. The number of carbonyl (C=O) groups is 1. The van der Waals surface area contributed by atoms with E-state index in [1.54, 1.807) is 6.07 Å². The highest BCUT2D eigenvalue weighted by Gasteiger charge is 2.11. The smallest absolute Gasteiger partial charge is 0.282 e. The molecule has 122 valence electrons. The third kappa shape index (κ3) is 3.35. The largest absolute Gasteiger partial charge is 0.291 e. The topological polar surface area (TPSA) is 70.1 Å². The van der Waals surface area contributed by atoms with Crippen LogP contribution in [0.15, 0.2) is 53.6 Å². The van der Waals surface area contributed by atoms with Crippen molar-refractivity contribution in [3.63, 3.8) is 0 Å². The minimum Gasteiger partial charge on any atom is -0.282 e. The van der Waals surface area contributed by atoms with Crippen molar-refractivity contribution in [1.82, 2.24) is 15.6 Å². The predicted molar refractivity (Wildman–Crippen MR) is 96.3 cm³/mol. The molecule has 2 aromatic carbocycles. The van der Waals surface area contributed by atoms with Gasteiger partial charge in [0.1, 0.15) is 0 Å². The molecule has 0 unspecified atom stereocenters. The van der Waals surface area contributed by atoms with Gasteiger partial charge in [0.2, 0.25) is 0 Å². The van der Waals surface area contributed by atoms with Gasteiger partial charge in [-0.15, -0.1) is 0 Å². The average Bonchev–Trinajstić information content (AvgIpc) is 3.09. The minimum atomic E-state index is -0.321. The van der Waals surface area contributed by atoms with E-state index in [0.717, 1.165) is 22.4 Å². The van der Waals surface area contributed by atoms with E-state index in [1.807, 2.05) is 45.0 Å². The number of nitrogens with one attached hydrogen (secondary N) is 2. The molecule has 0 saturated carbocycles. The first-order chi connectivity index (χ1) is 11.5. The predicted octanol–water partition coefficient (Wildman–Crippen LogP) is 3.84. The Morgan fingerprint density at radius 2 is 1.88 bits per heavy atom. The number of H-pyrrole nitrogens is 1. The summed E-state index contributed by atoms with van der Waals surface area (Å²) in [6.07, 6.45) is 0. The number of carbonyl (C=O) groups excluding carboxylic acids is 1. The summed E-state index contributed by atoms with van der Waals surface area (Å²) in [5.41, 5.74) is 5.55. The van der Waals surface area contributed by atoms with Crippen molar-refractivity contribution in [1.29, 1.82) is 0 Å². The lowest BCUT2D eigenvalue weighted by atomic mass is 10.0. The highest BCUT2D eigenvalue weighted by Crippen LogP contribution is 2.16. The number of fused-ring (bicyclic) bond motifs is 1. The van der Waals surface area contributed by atoms with E-state index in [2.05, 4.69) is 38.9 Å². The standard InChI is InChI=1S/C19H20N4O/c1-12(2)17-11-18(22-21-17)19(24)23-20-13(3)15-9-8-14-6-4-5-7-16(14)10-15/h4-12H,1-3H3,(H,21,22)(H,23,24)/b20-13-. The molecule has 1 aromatic heterocycles. The van der Waals surface area contributed by atoms with Gasteiger partial charge in [-0.3, -0.25) is 9.89 Å². The number of nitrogens with zero attached hydrogens (tertiary/aromatic N) is 2. The second-order valence-corrected chi connectivity index (χ2v) is 6.06. The SMILES string of the molecule is C/C(=N/NC(=O)c1cc(C(C)C)[nH]n1)c1ccc2ccccc2c1. The first-order valence-corrected chi connectivity index (χ1v) is 7.93. The summed E-state index contributed by atoms with van der Waals surface area (Å²) in [6.45, 7) is 5.95. The van der Waals surface area contributed by atoms with E-state index >= 15 is 0 Å². The number of benzene rings is 2. The zero-order chi connectivity index (χ0) is 17.1. The molecule has 0 spiro atoms. The van der Waals surface area contributed by atoms with Crippen molar-refractivity contribution >= 4 is 22.4 Å². The van der Waals surface area contributed by atoms with Gasteiger partial charge in [0.15, 0.2) is 5.69 Å². The summed E-state index contributed by atoms with van der Waals surface area (Å²) in [5, 5.41) is 13.4. The molecule has 0 saturated heterocycles. The molecular formula is C19H20N4O. The van der Waals surface area contributed by atoms with Crippen LogP contribution in [0.4, 0.5) is 0 Å². The summed E-state index contributed by atoms with van der Waals surface area (Å²) < 4.78 is 0. The van der Waals surface area contributed by atoms with Crippen molar-refractivity contribution in [2.75, 3.05) is 0 Å². The summed E-state index contributed by atoms with van der Waals surface area (Å²) >= 11 is 0. The van der Waals surface area contributed by atoms with Crippen LogP contribution in [0.3, 0.4) is 0 Å². The molecule has 0 aliphatic rings. The zero-order valence-corrected chi connectivity index (χ0v) is 14.0. The average molecular weight is 320 g/mol. The highest BCUT2D eigenvalue weighted by molar-refractivity contribution is 6.03. The van der Waals surface area contributed by atoms with Crippen LogP contribution in [0.1, 0.15) is 48.4 Å². The molecule has 1 amide bonds. The molecule has 0 fully saturated rings. The molecule has 3 aromatic rings. The van der Waals surface area contributed by atoms with Gasteiger partial charge in [-0.05, 0) is 41.3 Å². The summed E-state index contributed by atoms with van der Waals surface area (Å²) in [4.78, 5) is 12.1. The molecule has 0 atom stereocenters. The van der Waals surface area contributed by atoms with E-state index in [4.69, 9.17) is 0 Å². The lowest BCUT2D eigenvalue weighted by Crippen LogP contribution is -2.19. The second kappa shape index (κ2) is 6.66. The first-order valence-electron chi connectivity index (χ1n) is 7.93. The molecule has 0 bridgehead atoms. The van der Waals surface area contributed by atoms with Gasteiger partial charge in [-0.2, -0.15) is 10.2 Å². The maximum absolute atomic E-state index is 12.1. The van der Waals surface area contributed by atoms with Crippen molar-refractivity contribution in [2.24, 2.45) is 5.10 Å². The Hall–Kier alpha value is -2.95. The van der Waals surface area contributed by atoms with Crippen LogP contribution in [0, 0.1) is 0 Å². The van der Waals surface area contributed by atoms with Crippen LogP contribution in [0.25, 0.3) is 10.8 Å². The van der Waals surface area contributed by atoms with E-state index < -0.39 is 0 Å². The van der Waals surface area contributed by atoms with Gasteiger partial charge < -0.3 is 0 Å². The highest BCUT2D eigenvalue weighted by atomic mass is 16.2. The van der Waals surface area contributed by atoms with Gasteiger partial charge in [-0.1, -0.05) is 50.2 Å². The van der Waals surface area contributed by atoms with Crippen LogP contribution in [0.2, 0.25) is 0 Å². The van der Waals surface area contributed by atoms with Crippen LogP contribution in [-0.2, 0) is 0 Å². The van der Waals surface area contributed by atoms with Gasteiger partial charge in [0.25, 0.3) is 5.91 Å². The Balaban J connectivity index is 1.75. The molecule has 5 nitrogen and oxygen atoms in total. The van der Waals surface area contributed by atoms with Gasteiger partial charge >= 0.3 is 0 Å². The summed E-state index contributed by atoms with van der Waals surface area (Å²) in [6, 6.07) is 16.0. The minimum absolute atomic E-state index is 0.293. The monoisotopic (exact) mass is 320 g/mol. The van der Waals surface area contributed by atoms with Crippen molar-refractivity contribution in [3.05, 3.63) is 65.5 Å². The normalized spacial score (nSPS) is 11.9. The Labute approximate surface area is 140 Å². The molecule has 0 aliphatic heterocycles. The third-order valence-corrected chi connectivity index (χ3v) is 3.94. The number of hydrogen-bond donors (Lipinski definition) is 2. The van der Waals surface area contributed by atoms with Crippen molar-refractivity contribution in [3.8, 4) is 0 Å². The van der Waals surface area contributed by atoms with E-state index in [1.165, 1.54) is 5.39 Å². The lowest BCUT2D eigenvalue weighted by molar-refractivity contribution is 0.0950. The second-order valence-electron chi connectivity index (χ2n) is 6.06. The molecule has 0 radical (unpaired) electrons. The van der Waals surface area contributed by atoms with E-state index in [-0.39, 0.29) is 5.91 Å². The Bertz CT molecular complexity index is 908. The number of aromatic amines is 1. The van der Waals surface area contributed by atoms with Crippen LogP contribution in [0.5, 0.6) is 0 Å².